The summed E-state index contributed by atoms with van der Waals surface area (Å²) in [6, 6.07) is 16.4. The lowest BCUT2D eigenvalue weighted by atomic mass is 9.88. The van der Waals surface area contributed by atoms with Crippen molar-refractivity contribution in [2.45, 2.75) is 30.5 Å². The van der Waals surface area contributed by atoms with Crippen molar-refractivity contribution in [3.63, 3.8) is 0 Å². The normalized spacial score (nSPS) is 16.2. The molecule has 0 spiro atoms. The van der Waals surface area contributed by atoms with Gasteiger partial charge in [-0.1, -0.05) is 54.2 Å². The van der Waals surface area contributed by atoms with Gasteiger partial charge in [0.25, 0.3) is 0 Å². The van der Waals surface area contributed by atoms with Crippen molar-refractivity contribution >= 4 is 39.7 Å². The number of nitrogens with one attached hydrogen (secondary N) is 2. The maximum atomic E-state index is 12.5. The number of hydrogen-bond acceptors (Lipinski definition) is 5. The molecule has 1 amide bonds. The SMILES string of the molecule is O=C(CSc1nnc2c(n1)[nH]c1ccccc12)NC1CCCc2ccccc21. The zero-order valence-corrected chi connectivity index (χ0v) is 16.0. The van der Waals surface area contributed by atoms with Crippen LogP contribution in [-0.4, -0.2) is 31.8 Å². The summed E-state index contributed by atoms with van der Waals surface area (Å²) in [5, 5.41) is 13.1. The summed E-state index contributed by atoms with van der Waals surface area (Å²) in [5.74, 6) is 0.263. The van der Waals surface area contributed by atoms with Crippen LogP contribution in [0.1, 0.15) is 30.0 Å². The number of benzene rings is 2. The molecule has 2 aromatic heterocycles. The molecular weight excluding hydrogens is 370 g/mol. The highest BCUT2D eigenvalue weighted by Gasteiger charge is 2.21. The number of aromatic amines is 1. The number of aryl methyl sites for hydroxylation is 1. The van der Waals surface area contributed by atoms with Gasteiger partial charge in [-0.3, -0.25) is 4.79 Å². The fraction of sp³-hybridized carbons (Fsp3) is 0.238. The lowest BCUT2D eigenvalue weighted by Crippen LogP contribution is -2.32. The Bertz CT molecular complexity index is 1170. The number of aromatic nitrogens is 4. The van der Waals surface area contributed by atoms with Crippen molar-refractivity contribution in [2.24, 2.45) is 0 Å². The van der Waals surface area contributed by atoms with Gasteiger partial charge in [0.1, 0.15) is 5.52 Å². The van der Waals surface area contributed by atoms with Crippen LogP contribution >= 0.6 is 11.8 Å². The van der Waals surface area contributed by atoms with Crippen molar-refractivity contribution in [2.75, 3.05) is 5.75 Å². The largest absolute Gasteiger partial charge is 0.349 e. The molecule has 4 aromatic rings. The van der Waals surface area contributed by atoms with Crippen LogP contribution in [0.4, 0.5) is 0 Å². The second kappa shape index (κ2) is 7.24. The van der Waals surface area contributed by atoms with Crippen molar-refractivity contribution in [1.82, 2.24) is 25.5 Å². The molecular formula is C21H19N5OS. The summed E-state index contributed by atoms with van der Waals surface area (Å²) in [6.07, 6.45) is 3.16. The van der Waals surface area contributed by atoms with Crippen LogP contribution < -0.4 is 5.32 Å². The number of rotatable bonds is 4. The molecule has 0 aliphatic heterocycles. The zero-order valence-electron chi connectivity index (χ0n) is 15.2. The molecule has 7 heteroatoms. The Hall–Kier alpha value is -2.93. The first kappa shape index (κ1) is 17.2. The number of thioether (sulfide) groups is 1. The molecule has 1 unspecified atom stereocenters. The van der Waals surface area contributed by atoms with Gasteiger partial charge in [0, 0.05) is 10.9 Å². The average molecular weight is 389 g/mol. The molecule has 0 saturated heterocycles. The van der Waals surface area contributed by atoms with Crippen LogP contribution in [0.25, 0.3) is 22.1 Å². The van der Waals surface area contributed by atoms with Gasteiger partial charge < -0.3 is 10.3 Å². The molecule has 1 aliphatic carbocycles. The fourth-order valence-electron chi connectivity index (χ4n) is 3.84. The number of nitrogens with zero attached hydrogens (tertiary/aromatic N) is 3. The Labute approximate surface area is 166 Å². The molecule has 2 heterocycles. The number of H-pyrrole nitrogens is 1. The van der Waals surface area contributed by atoms with Gasteiger partial charge in [-0.15, -0.1) is 10.2 Å². The molecule has 5 rings (SSSR count). The van der Waals surface area contributed by atoms with Gasteiger partial charge in [0.2, 0.25) is 11.1 Å². The minimum Gasteiger partial charge on any atom is -0.349 e. The molecule has 28 heavy (non-hydrogen) atoms. The number of carbonyl (C=O) groups excluding carboxylic acids is 1. The topological polar surface area (TPSA) is 83.6 Å². The molecule has 0 saturated carbocycles. The summed E-state index contributed by atoms with van der Waals surface area (Å²) < 4.78 is 0. The van der Waals surface area contributed by atoms with Crippen LogP contribution in [0.5, 0.6) is 0 Å². The van der Waals surface area contributed by atoms with E-state index in [1.807, 2.05) is 30.3 Å². The van der Waals surface area contributed by atoms with Crippen molar-refractivity contribution in [3.05, 3.63) is 59.7 Å². The quantitative estimate of drug-likeness (QED) is 0.519. The van der Waals surface area contributed by atoms with Gasteiger partial charge in [0.05, 0.1) is 11.8 Å². The van der Waals surface area contributed by atoms with Gasteiger partial charge in [-0.2, -0.15) is 0 Å². The lowest BCUT2D eigenvalue weighted by Gasteiger charge is -2.26. The third kappa shape index (κ3) is 3.22. The van der Waals surface area contributed by atoms with E-state index in [2.05, 4.69) is 43.7 Å². The number of amides is 1. The van der Waals surface area contributed by atoms with Gasteiger partial charge in [-0.05, 0) is 36.5 Å². The van der Waals surface area contributed by atoms with Crippen LogP contribution in [0.15, 0.2) is 53.7 Å². The van der Waals surface area contributed by atoms with E-state index in [1.54, 1.807) is 0 Å². The minimum atomic E-state index is -0.00736. The third-order valence-electron chi connectivity index (χ3n) is 5.14. The highest BCUT2D eigenvalue weighted by molar-refractivity contribution is 7.99. The molecule has 0 radical (unpaired) electrons. The predicted molar refractivity (Wildman–Crippen MR) is 110 cm³/mol. The van der Waals surface area contributed by atoms with E-state index in [-0.39, 0.29) is 17.7 Å². The molecule has 0 fully saturated rings. The maximum absolute atomic E-state index is 12.5. The van der Waals surface area contributed by atoms with Gasteiger partial charge in [-0.25, -0.2) is 4.98 Å². The average Bonchev–Trinajstić information content (AvgIpc) is 3.10. The standard InChI is InChI=1S/C21H19N5OS/c27-18(22-16-11-5-7-13-6-1-2-8-14(13)16)12-28-21-24-20-19(25-26-21)15-9-3-4-10-17(15)23-20/h1-4,6,8-10,16H,5,7,11-12H2,(H,22,27)(H,23,24,26). The van der Waals surface area contributed by atoms with E-state index in [1.165, 1.54) is 22.9 Å². The van der Waals surface area contributed by atoms with Crippen LogP contribution in [-0.2, 0) is 11.2 Å². The molecule has 1 atom stereocenters. The highest BCUT2D eigenvalue weighted by Crippen LogP contribution is 2.29. The molecule has 1 aliphatic rings. The van der Waals surface area contributed by atoms with Crippen molar-refractivity contribution < 1.29 is 4.79 Å². The van der Waals surface area contributed by atoms with E-state index in [0.717, 1.165) is 35.7 Å². The summed E-state index contributed by atoms with van der Waals surface area (Å²) in [6.45, 7) is 0. The zero-order chi connectivity index (χ0) is 18.9. The first-order valence-corrected chi connectivity index (χ1v) is 10.4. The number of para-hydroxylation sites is 1. The Morgan fingerprint density at radius 2 is 2.00 bits per heavy atom. The van der Waals surface area contributed by atoms with E-state index < -0.39 is 0 Å². The van der Waals surface area contributed by atoms with E-state index in [0.29, 0.717) is 10.8 Å². The molecule has 2 N–H and O–H groups in total. The highest BCUT2D eigenvalue weighted by atomic mass is 32.2. The molecule has 6 nitrogen and oxygen atoms in total. The Morgan fingerprint density at radius 1 is 1.14 bits per heavy atom. The minimum absolute atomic E-state index is 0.00736. The molecule has 140 valence electrons. The maximum Gasteiger partial charge on any atom is 0.230 e. The predicted octanol–water partition coefficient (Wildman–Crippen LogP) is 3.79. The Balaban J connectivity index is 1.27. The smallest absolute Gasteiger partial charge is 0.230 e. The number of carbonyl (C=O) groups is 1. The monoisotopic (exact) mass is 389 g/mol. The summed E-state index contributed by atoms with van der Waals surface area (Å²) in [4.78, 5) is 20.3. The first-order chi connectivity index (χ1) is 13.8. The van der Waals surface area contributed by atoms with E-state index in [9.17, 15) is 4.79 Å². The second-order valence-corrected chi connectivity index (χ2v) is 7.90. The third-order valence-corrected chi connectivity index (χ3v) is 5.98. The number of hydrogen-bond donors (Lipinski definition) is 2. The Kier molecular flexibility index (Phi) is 4.44. The molecule has 0 bridgehead atoms. The van der Waals surface area contributed by atoms with Crippen LogP contribution in [0.2, 0.25) is 0 Å². The lowest BCUT2D eigenvalue weighted by molar-refractivity contribution is -0.119. The van der Waals surface area contributed by atoms with Gasteiger partial charge >= 0.3 is 0 Å². The number of fused-ring (bicyclic) bond motifs is 4. The first-order valence-electron chi connectivity index (χ1n) is 9.39. The second-order valence-electron chi connectivity index (χ2n) is 6.96. The van der Waals surface area contributed by atoms with Crippen molar-refractivity contribution in [1.29, 1.82) is 0 Å². The summed E-state index contributed by atoms with van der Waals surface area (Å²) >= 11 is 1.31. The summed E-state index contributed by atoms with van der Waals surface area (Å²) in [7, 11) is 0. The van der Waals surface area contributed by atoms with Gasteiger partial charge in [0.15, 0.2) is 5.65 Å². The van der Waals surface area contributed by atoms with Crippen LogP contribution in [0.3, 0.4) is 0 Å². The molecule has 2 aromatic carbocycles. The van der Waals surface area contributed by atoms with Crippen LogP contribution in [0, 0.1) is 0 Å². The summed E-state index contributed by atoms with van der Waals surface area (Å²) in [5.41, 5.74) is 5.01. The Morgan fingerprint density at radius 3 is 2.96 bits per heavy atom. The fourth-order valence-corrected chi connectivity index (χ4v) is 4.43. The van der Waals surface area contributed by atoms with E-state index >= 15 is 0 Å². The van der Waals surface area contributed by atoms with Crippen molar-refractivity contribution in [3.8, 4) is 0 Å². The van der Waals surface area contributed by atoms with E-state index in [4.69, 9.17) is 0 Å².